The Labute approximate surface area is 110 Å². The van der Waals surface area contributed by atoms with E-state index in [1.807, 2.05) is 32.0 Å². The lowest BCUT2D eigenvalue weighted by molar-refractivity contribution is 0.415. The molecule has 0 aliphatic carbocycles. The first kappa shape index (κ1) is 16.3. The van der Waals surface area contributed by atoms with Crippen LogP contribution >= 0.6 is 11.6 Å². The average Bonchev–Trinajstić information content (AvgIpc) is 2.43. The molecular formula is C14H24ClNO. The Morgan fingerprint density at radius 3 is 2.06 bits per heavy atom. The van der Waals surface area contributed by atoms with Gasteiger partial charge in [-0.2, -0.15) is 0 Å². The van der Waals surface area contributed by atoms with Crippen LogP contribution in [-0.4, -0.2) is 20.2 Å². The van der Waals surface area contributed by atoms with E-state index >= 15 is 0 Å². The summed E-state index contributed by atoms with van der Waals surface area (Å²) < 4.78 is 4.91. The van der Waals surface area contributed by atoms with Crippen LogP contribution in [0, 0.1) is 0 Å². The molecule has 2 nitrogen and oxygen atoms in total. The van der Waals surface area contributed by atoms with Crippen LogP contribution < -0.4 is 10.1 Å². The minimum Gasteiger partial charge on any atom is -0.497 e. The van der Waals surface area contributed by atoms with Gasteiger partial charge < -0.3 is 10.1 Å². The molecule has 1 aromatic rings. The smallest absolute Gasteiger partial charge is 0.120 e. The highest BCUT2D eigenvalue weighted by molar-refractivity contribution is 6.30. The van der Waals surface area contributed by atoms with E-state index in [1.54, 1.807) is 13.2 Å². The Morgan fingerprint density at radius 1 is 1.12 bits per heavy atom. The second kappa shape index (κ2) is 11.7. The second-order valence-corrected chi connectivity index (χ2v) is 3.91. The van der Waals surface area contributed by atoms with Crippen molar-refractivity contribution in [1.82, 2.24) is 5.32 Å². The van der Waals surface area contributed by atoms with Gasteiger partial charge in [0.15, 0.2) is 0 Å². The SMILES string of the molecule is C1CCNCC1.CC.COc1cccc(Cl)c1. The molecule has 0 bridgehead atoms. The van der Waals surface area contributed by atoms with Crippen LogP contribution in [0.5, 0.6) is 5.75 Å². The first-order valence-corrected chi connectivity index (χ1v) is 6.71. The maximum atomic E-state index is 5.64. The molecule has 2 rings (SSSR count). The van der Waals surface area contributed by atoms with Crippen molar-refractivity contribution in [2.45, 2.75) is 33.1 Å². The van der Waals surface area contributed by atoms with Gasteiger partial charge in [0.05, 0.1) is 7.11 Å². The summed E-state index contributed by atoms with van der Waals surface area (Å²) in [6.45, 7) is 6.50. The minimum atomic E-state index is 0.703. The monoisotopic (exact) mass is 257 g/mol. The molecule has 98 valence electrons. The van der Waals surface area contributed by atoms with Crippen molar-refractivity contribution in [1.29, 1.82) is 0 Å². The molecule has 0 aromatic heterocycles. The van der Waals surface area contributed by atoms with E-state index in [0.29, 0.717) is 5.02 Å². The summed E-state index contributed by atoms with van der Waals surface area (Å²) in [7, 11) is 1.62. The first-order chi connectivity index (χ1) is 8.33. The Bertz CT molecular complexity index is 263. The van der Waals surface area contributed by atoms with Crippen LogP contribution in [0.1, 0.15) is 33.1 Å². The molecule has 1 aliphatic heterocycles. The highest BCUT2D eigenvalue weighted by Crippen LogP contribution is 2.15. The van der Waals surface area contributed by atoms with Crippen LogP contribution in [0.25, 0.3) is 0 Å². The van der Waals surface area contributed by atoms with Gasteiger partial charge in [-0.15, -0.1) is 0 Å². The van der Waals surface area contributed by atoms with Crippen LogP contribution in [0.4, 0.5) is 0 Å². The molecule has 1 aromatic carbocycles. The number of rotatable bonds is 1. The average molecular weight is 258 g/mol. The van der Waals surface area contributed by atoms with Crippen molar-refractivity contribution in [3.05, 3.63) is 29.3 Å². The molecule has 3 heteroatoms. The zero-order valence-corrected chi connectivity index (χ0v) is 11.9. The number of halogens is 1. The fourth-order valence-corrected chi connectivity index (χ4v) is 1.58. The molecule has 1 fully saturated rings. The fraction of sp³-hybridized carbons (Fsp3) is 0.571. The predicted octanol–water partition coefficient (Wildman–Crippen LogP) is 4.13. The third-order valence-corrected chi connectivity index (χ3v) is 2.47. The molecule has 0 radical (unpaired) electrons. The predicted molar refractivity (Wildman–Crippen MR) is 76.1 cm³/mol. The number of hydrogen-bond acceptors (Lipinski definition) is 2. The van der Waals surface area contributed by atoms with Gasteiger partial charge in [-0.1, -0.05) is 37.9 Å². The van der Waals surface area contributed by atoms with Gasteiger partial charge in [0.1, 0.15) is 5.75 Å². The third-order valence-electron chi connectivity index (χ3n) is 2.24. The number of hydrogen-bond donors (Lipinski definition) is 1. The number of ether oxygens (including phenoxy) is 1. The fourth-order valence-electron chi connectivity index (χ4n) is 1.40. The zero-order valence-electron chi connectivity index (χ0n) is 11.1. The molecule has 1 N–H and O–H groups in total. The largest absolute Gasteiger partial charge is 0.497 e. The molecule has 0 spiro atoms. The molecule has 0 saturated carbocycles. The Hall–Kier alpha value is -0.730. The van der Waals surface area contributed by atoms with E-state index < -0.39 is 0 Å². The lowest BCUT2D eigenvalue weighted by Gasteiger charge is -2.08. The maximum Gasteiger partial charge on any atom is 0.120 e. The van der Waals surface area contributed by atoms with Gasteiger partial charge in [0, 0.05) is 5.02 Å². The normalized spacial score (nSPS) is 13.6. The molecule has 17 heavy (non-hydrogen) atoms. The van der Waals surface area contributed by atoms with E-state index in [-0.39, 0.29) is 0 Å². The van der Waals surface area contributed by atoms with Crippen molar-refractivity contribution >= 4 is 11.6 Å². The Kier molecular flexibility index (Phi) is 11.2. The van der Waals surface area contributed by atoms with Gasteiger partial charge in [-0.25, -0.2) is 0 Å². The number of nitrogens with one attached hydrogen (secondary N) is 1. The van der Waals surface area contributed by atoms with E-state index in [9.17, 15) is 0 Å². The lowest BCUT2D eigenvalue weighted by atomic mass is 10.2. The minimum absolute atomic E-state index is 0.703. The van der Waals surface area contributed by atoms with Crippen molar-refractivity contribution in [3.8, 4) is 5.75 Å². The lowest BCUT2D eigenvalue weighted by Crippen LogP contribution is -2.21. The molecule has 1 heterocycles. The highest BCUT2D eigenvalue weighted by atomic mass is 35.5. The first-order valence-electron chi connectivity index (χ1n) is 6.33. The summed E-state index contributed by atoms with van der Waals surface area (Å²) in [5.41, 5.74) is 0. The Balaban J connectivity index is 0.000000278. The van der Waals surface area contributed by atoms with Crippen LogP contribution in [0.3, 0.4) is 0 Å². The third kappa shape index (κ3) is 9.02. The molecule has 0 unspecified atom stereocenters. The highest BCUT2D eigenvalue weighted by Gasteiger charge is 1.93. The summed E-state index contributed by atoms with van der Waals surface area (Å²) in [5.74, 6) is 0.794. The summed E-state index contributed by atoms with van der Waals surface area (Å²) in [6.07, 6.45) is 4.22. The van der Waals surface area contributed by atoms with Crippen LogP contribution in [0.15, 0.2) is 24.3 Å². The van der Waals surface area contributed by atoms with Crippen molar-refractivity contribution in [3.63, 3.8) is 0 Å². The zero-order chi connectivity index (χ0) is 12.9. The molecule has 1 saturated heterocycles. The van der Waals surface area contributed by atoms with Crippen LogP contribution in [0.2, 0.25) is 5.02 Å². The van der Waals surface area contributed by atoms with Gasteiger partial charge in [-0.3, -0.25) is 0 Å². The van der Waals surface area contributed by atoms with Gasteiger partial charge in [-0.05, 0) is 44.1 Å². The van der Waals surface area contributed by atoms with Crippen molar-refractivity contribution in [2.75, 3.05) is 20.2 Å². The molecule has 0 amide bonds. The van der Waals surface area contributed by atoms with E-state index in [2.05, 4.69) is 5.32 Å². The summed E-state index contributed by atoms with van der Waals surface area (Å²) in [6, 6.07) is 7.28. The quantitative estimate of drug-likeness (QED) is 0.817. The van der Waals surface area contributed by atoms with E-state index in [1.165, 1.54) is 32.4 Å². The van der Waals surface area contributed by atoms with E-state index in [0.717, 1.165) is 5.75 Å². The number of benzene rings is 1. The molecular weight excluding hydrogens is 234 g/mol. The van der Waals surface area contributed by atoms with Crippen molar-refractivity contribution < 1.29 is 4.74 Å². The summed E-state index contributed by atoms with van der Waals surface area (Å²) in [4.78, 5) is 0. The van der Waals surface area contributed by atoms with Crippen molar-refractivity contribution in [2.24, 2.45) is 0 Å². The van der Waals surface area contributed by atoms with E-state index in [4.69, 9.17) is 16.3 Å². The maximum absolute atomic E-state index is 5.64. The molecule has 0 atom stereocenters. The number of piperidine rings is 1. The van der Waals surface area contributed by atoms with Gasteiger partial charge in [0.25, 0.3) is 0 Å². The second-order valence-electron chi connectivity index (χ2n) is 3.47. The van der Waals surface area contributed by atoms with Crippen LogP contribution in [-0.2, 0) is 0 Å². The van der Waals surface area contributed by atoms with Gasteiger partial charge >= 0.3 is 0 Å². The topological polar surface area (TPSA) is 21.3 Å². The summed E-state index contributed by atoms with van der Waals surface area (Å²) in [5, 5.41) is 3.99. The number of methoxy groups -OCH3 is 1. The Morgan fingerprint density at radius 2 is 1.76 bits per heavy atom. The summed E-state index contributed by atoms with van der Waals surface area (Å²) >= 11 is 5.64. The molecule has 1 aliphatic rings. The standard InChI is InChI=1S/C7H7ClO.C5H11N.C2H6/c1-9-7-4-2-3-6(8)5-7;1-2-4-6-5-3-1;1-2/h2-5H,1H3;6H,1-5H2;1-2H3. The van der Waals surface area contributed by atoms with Gasteiger partial charge in [0.2, 0.25) is 0 Å².